The molecule has 0 radical (unpaired) electrons. The molecule has 0 unspecified atom stereocenters. The molecule has 0 amide bonds. The molecule has 0 aromatic heterocycles. The number of benzene rings is 1. The second-order valence-electron chi connectivity index (χ2n) is 3.21. The Kier molecular flexibility index (Phi) is 3.01. The third-order valence-corrected chi connectivity index (χ3v) is 4.03. The second kappa shape index (κ2) is 4.12. The van der Waals surface area contributed by atoms with E-state index in [2.05, 4.69) is 6.58 Å². The van der Waals surface area contributed by atoms with Crippen molar-refractivity contribution in [1.29, 1.82) is 0 Å². The van der Waals surface area contributed by atoms with Gasteiger partial charge in [0, 0.05) is 17.0 Å². The lowest BCUT2D eigenvalue weighted by Gasteiger charge is -2.18. The van der Waals surface area contributed by atoms with Gasteiger partial charge in [0.15, 0.2) is 0 Å². The van der Waals surface area contributed by atoms with Gasteiger partial charge in [-0.1, -0.05) is 29.8 Å². The lowest BCUT2D eigenvalue weighted by atomic mass is 10.2. The molecular formula is C11H9Cl2NS. The van der Waals surface area contributed by atoms with E-state index in [4.69, 9.17) is 23.2 Å². The van der Waals surface area contributed by atoms with Gasteiger partial charge in [-0.25, -0.2) is 0 Å². The molecular weight excluding hydrogens is 249 g/mol. The predicted octanol–water partition coefficient (Wildman–Crippen LogP) is 4.79. The van der Waals surface area contributed by atoms with Crippen molar-refractivity contribution >= 4 is 40.8 Å². The predicted molar refractivity (Wildman–Crippen MR) is 69.2 cm³/mol. The Balaban J connectivity index is 2.29. The van der Waals surface area contributed by atoms with E-state index in [0.29, 0.717) is 0 Å². The van der Waals surface area contributed by atoms with Gasteiger partial charge in [-0.05, 0) is 36.8 Å². The van der Waals surface area contributed by atoms with Gasteiger partial charge in [-0.3, -0.25) is 4.31 Å². The average Bonchev–Trinajstić information content (AvgIpc) is 2.47. The molecule has 0 fully saturated rings. The quantitative estimate of drug-likeness (QED) is 0.666. The van der Waals surface area contributed by atoms with E-state index in [9.17, 15) is 0 Å². The molecule has 2 rings (SSSR count). The third-order valence-electron chi connectivity index (χ3n) is 2.21. The number of allylic oxidation sites excluding steroid dienone is 1. The lowest BCUT2D eigenvalue weighted by Crippen LogP contribution is -2.07. The molecule has 4 heteroatoms. The van der Waals surface area contributed by atoms with Crippen molar-refractivity contribution in [3.05, 3.63) is 51.5 Å². The molecule has 0 spiro atoms. The zero-order valence-corrected chi connectivity index (χ0v) is 10.5. The molecule has 0 aliphatic carbocycles. The molecule has 0 atom stereocenters. The van der Waals surface area contributed by atoms with Gasteiger partial charge in [0.05, 0.1) is 15.7 Å². The van der Waals surface area contributed by atoms with Gasteiger partial charge in [0.1, 0.15) is 0 Å². The van der Waals surface area contributed by atoms with Crippen molar-refractivity contribution in [2.24, 2.45) is 0 Å². The van der Waals surface area contributed by atoms with Crippen LogP contribution < -0.4 is 4.31 Å². The van der Waals surface area contributed by atoms with Crippen molar-refractivity contribution in [2.75, 3.05) is 4.31 Å². The van der Waals surface area contributed by atoms with Crippen LogP contribution in [0.1, 0.15) is 6.92 Å². The maximum absolute atomic E-state index is 6.05. The molecule has 15 heavy (non-hydrogen) atoms. The molecule has 0 N–H and O–H groups in total. The van der Waals surface area contributed by atoms with Crippen LogP contribution in [0.25, 0.3) is 0 Å². The Morgan fingerprint density at radius 2 is 1.80 bits per heavy atom. The zero-order chi connectivity index (χ0) is 11.0. The van der Waals surface area contributed by atoms with E-state index >= 15 is 0 Å². The van der Waals surface area contributed by atoms with Crippen LogP contribution in [0.4, 0.5) is 5.69 Å². The molecule has 0 saturated carbocycles. The van der Waals surface area contributed by atoms with E-state index in [1.807, 2.05) is 35.5 Å². The maximum atomic E-state index is 6.05. The minimum Gasteiger partial charge on any atom is -0.280 e. The molecule has 1 aliphatic heterocycles. The van der Waals surface area contributed by atoms with Crippen molar-refractivity contribution in [2.45, 2.75) is 6.92 Å². The summed E-state index contributed by atoms with van der Waals surface area (Å²) in [5, 5.41) is 0.726. The number of anilines is 1. The minimum absolute atomic E-state index is 0.726. The molecule has 0 saturated heterocycles. The standard InChI is InChI=1S/C11H9Cl2NS/c1-7-8(2)14(15-11(7)13)10-5-3-9(12)4-6-10/h3-6H,2H2,1H3. The van der Waals surface area contributed by atoms with Crippen molar-refractivity contribution in [1.82, 2.24) is 0 Å². The van der Waals surface area contributed by atoms with Crippen LogP contribution in [0.3, 0.4) is 0 Å². The summed E-state index contributed by atoms with van der Waals surface area (Å²) in [5.74, 6) is 0. The number of hydrogen-bond acceptors (Lipinski definition) is 2. The topological polar surface area (TPSA) is 3.24 Å². The van der Waals surface area contributed by atoms with Crippen LogP contribution in [-0.4, -0.2) is 0 Å². The number of hydrogen-bond donors (Lipinski definition) is 0. The summed E-state index contributed by atoms with van der Waals surface area (Å²) in [7, 11) is 0. The van der Waals surface area contributed by atoms with Gasteiger partial charge >= 0.3 is 0 Å². The summed E-state index contributed by atoms with van der Waals surface area (Å²) in [5.41, 5.74) is 2.98. The summed E-state index contributed by atoms with van der Waals surface area (Å²) in [6.07, 6.45) is 0. The molecule has 1 aromatic carbocycles. The summed E-state index contributed by atoms with van der Waals surface area (Å²) >= 11 is 13.4. The largest absolute Gasteiger partial charge is 0.280 e. The summed E-state index contributed by atoms with van der Waals surface area (Å²) in [6.45, 7) is 5.96. The molecule has 1 aromatic rings. The van der Waals surface area contributed by atoms with Crippen molar-refractivity contribution < 1.29 is 0 Å². The molecule has 0 bridgehead atoms. The third kappa shape index (κ3) is 2.03. The highest BCUT2D eigenvalue weighted by molar-refractivity contribution is 8.06. The van der Waals surface area contributed by atoms with Gasteiger partial charge < -0.3 is 0 Å². The minimum atomic E-state index is 0.726. The first-order chi connectivity index (χ1) is 7.09. The highest BCUT2D eigenvalue weighted by atomic mass is 35.5. The zero-order valence-electron chi connectivity index (χ0n) is 8.13. The summed E-state index contributed by atoms with van der Waals surface area (Å²) in [6, 6.07) is 7.60. The fraction of sp³-hybridized carbons (Fsp3) is 0.0909. The van der Waals surface area contributed by atoms with Gasteiger partial charge in [-0.2, -0.15) is 0 Å². The molecule has 1 nitrogen and oxygen atoms in total. The summed E-state index contributed by atoms with van der Waals surface area (Å²) in [4.78, 5) is 0. The first kappa shape index (κ1) is 10.9. The Morgan fingerprint density at radius 3 is 2.27 bits per heavy atom. The van der Waals surface area contributed by atoms with Gasteiger partial charge in [0.25, 0.3) is 0 Å². The molecule has 1 heterocycles. The SMILES string of the molecule is C=C1C(C)=C(Cl)SN1c1ccc(Cl)cc1. The fourth-order valence-corrected chi connectivity index (χ4v) is 2.59. The van der Waals surface area contributed by atoms with Crippen LogP contribution in [-0.2, 0) is 0 Å². The van der Waals surface area contributed by atoms with Crippen LogP contribution in [0.2, 0.25) is 5.02 Å². The van der Waals surface area contributed by atoms with Gasteiger partial charge in [0.2, 0.25) is 0 Å². The summed E-state index contributed by atoms with van der Waals surface area (Å²) < 4.78 is 2.77. The van der Waals surface area contributed by atoms with Crippen LogP contribution in [0.5, 0.6) is 0 Å². The number of rotatable bonds is 1. The van der Waals surface area contributed by atoms with E-state index in [1.54, 1.807) is 0 Å². The van der Waals surface area contributed by atoms with Gasteiger partial charge in [-0.15, -0.1) is 0 Å². The Hall–Kier alpha value is -0.570. The number of nitrogens with zero attached hydrogens (tertiary/aromatic N) is 1. The smallest absolute Gasteiger partial charge is 0.0999 e. The van der Waals surface area contributed by atoms with E-state index < -0.39 is 0 Å². The number of halogens is 2. The first-order valence-electron chi connectivity index (χ1n) is 4.39. The lowest BCUT2D eigenvalue weighted by molar-refractivity contribution is 1.30. The van der Waals surface area contributed by atoms with Crippen molar-refractivity contribution in [3.63, 3.8) is 0 Å². The highest BCUT2D eigenvalue weighted by Crippen LogP contribution is 2.44. The fourth-order valence-electron chi connectivity index (χ4n) is 1.25. The maximum Gasteiger partial charge on any atom is 0.0999 e. The van der Waals surface area contributed by atoms with Crippen molar-refractivity contribution in [3.8, 4) is 0 Å². The van der Waals surface area contributed by atoms with E-state index in [0.717, 1.165) is 26.3 Å². The highest BCUT2D eigenvalue weighted by Gasteiger charge is 2.23. The normalized spacial score (nSPS) is 16.5. The van der Waals surface area contributed by atoms with E-state index in [1.165, 1.54) is 11.9 Å². The Bertz CT molecular complexity index is 436. The monoisotopic (exact) mass is 257 g/mol. The Morgan fingerprint density at radius 1 is 1.20 bits per heavy atom. The van der Waals surface area contributed by atoms with Crippen LogP contribution in [0.15, 0.2) is 46.5 Å². The van der Waals surface area contributed by atoms with E-state index in [-0.39, 0.29) is 0 Å². The second-order valence-corrected chi connectivity index (χ2v) is 5.20. The van der Waals surface area contributed by atoms with Crippen LogP contribution in [0, 0.1) is 0 Å². The molecule has 78 valence electrons. The molecule has 1 aliphatic rings. The Labute approximate surface area is 103 Å². The first-order valence-corrected chi connectivity index (χ1v) is 5.92. The average molecular weight is 258 g/mol. The van der Waals surface area contributed by atoms with Crippen LogP contribution >= 0.6 is 35.1 Å².